The fourth-order valence-electron chi connectivity index (χ4n) is 3.18. The Kier molecular flexibility index (Phi) is 6.02. The third-order valence-corrected chi connectivity index (χ3v) is 6.39. The number of nitro benzene ring substituents is 1. The molecule has 1 saturated heterocycles. The summed E-state index contributed by atoms with van der Waals surface area (Å²) in [6.07, 6.45) is 0. The summed E-state index contributed by atoms with van der Waals surface area (Å²) < 4.78 is 27.1. The van der Waals surface area contributed by atoms with Gasteiger partial charge in [0.1, 0.15) is 0 Å². The molecule has 0 aliphatic carbocycles. The molecular weight excluding hydrogens is 378 g/mol. The first kappa shape index (κ1) is 20.3. The maximum Gasteiger partial charge on any atom is 0.272 e. The van der Waals surface area contributed by atoms with E-state index in [2.05, 4.69) is 0 Å². The minimum Gasteiger partial charge on any atom is -0.326 e. The molecule has 2 atom stereocenters. The number of hydrogen-bond acceptors (Lipinski definition) is 5. The Balaban J connectivity index is 0.00000243. The molecule has 3 rings (SSSR count). The topological polar surface area (TPSA) is 107 Å². The van der Waals surface area contributed by atoms with E-state index < -0.39 is 14.9 Å². The summed E-state index contributed by atoms with van der Waals surface area (Å²) >= 11 is 0. The van der Waals surface area contributed by atoms with Crippen molar-refractivity contribution < 1.29 is 13.3 Å². The third kappa shape index (κ3) is 3.73. The molecule has 1 heterocycles. The second-order valence-corrected chi connectivity index (χ2v) is 8.15. The average molecular weight is 398 g/mol. The molecule has 0 bridgehead atoms. The molecule has 0 radical (unpaired) electrons. The Morgan fingerprint density at radius 3 is 2.38 bits per heavy atom. The van der Waals surface area contributed by atoms with E-state index in [0.29, 0.717) is 12.1 Å². The Labute approximate surface area is 158 Å². The van der Waals surface area contributed by atoms with Gasteiger partial charge in [0.05, 0.1) is 9.82 Å². The highest BCUT2D eigenvalue weighted by Gasteiger charge is 2.38. The maximum atomic E-state index is 12.9. The number of aryl methyl sites for hydroxylation is 1. The molecule has 1 fully saturated rings. The van der Waals surface area contributed by atoms with Crippen molar-refractivity contribution in [3.8, 4) is 0 Å². The van der Waals surface area contributed by atoms with Crippen molar-refractivity contribution in [2.24, 2.45) is 5.73 Å². The SMILES string of the molecule is Cc1cc(S(=O)(=O)N2C[C@@H](N)[C@H](c3ccccc3)C2)ccc1[N+](=O)[O-].Cl. The highest BCUT2D eigenvalue weighted by atomic mass is 35.5. The van der Waals surface area contributed by atoms with E-state index in [-0.39, 0.29) is 41.5 Å². The Hall–Kier alpha value is -2.00. The van der Waals surface area contributed by atoms with Crippen LogP contribution in [0.1, 0.15) is 17.0 Å². The van der Waals surface area contributed by atoms with Crippen LogP contribution in [0.15, 0.2) is 53.4 Å². The predicted octanol–water partition coefficient (Wildman–Crippen LogP) is 2.44. The number of sulfonamides is 1. The van der Waals surface area contributed by atoms with Crippen LogP contribution in [0, 0.1) is 17.0 Å². The van der Waals surface area contributed by atoms with Gasteiger partial charge < -0.3 is 5.73 Å². The molecule has 1 aliphatic heterocycles. The zero-order chi connectivity index (χ0) is 18.2. The van der Waals surface area contributed by atoms with Crippen LogP contribution in [0.2, 0.25) is 0 Å². The van der Waals surface area contributed by atoms with Crippen LogP contribution in [-0.2, 0) is 10.0 Å². The summed E-state index contributed by atoms with van der Waals surface area (Å²) in [5.41, 5.74) is 7.40. The summed E-state index contributed by atoms with van der Waals surface area (Å²) in [7, 11) is -3.75. The van der Waals surface area contributed by atoms with E-state index in [1.54, 1.807) is 0 Å². The monoisotopic (exact) mass is 397 g/mol. The van der Waals surface area contributed by atoms with E-state index in [0.717, 1.165) is 5.56 Å². The van der Waals surface area contributed by atoms with Crippen molar-refractivity contribution in [3.63, 3.8) is 0 Å². The fourth-order valence-corrected chi connectivity index (χ4v) is 4.77. The number of nitrogens with zero attached hydrogens (tertiary/aromatic N) is 2. The van der Waals surface area contributed by atoms with Gasteiger partial charge in [-0.25, -0.2) is 8.42 Å². The van der Waals surface area contributed by atoms with Crippen molar-refractivity contribution in [3.05, 3.63) is 69.8 Å². The van der Waals surface area contributed by atoms with Gasteiger partial charge >= 0.3 is 0 Å². The molecule has 2 aromatic rings. The highest BCUT2D eigenvalue weighted by molar-refractivity contribution is 7.89. The second kappa shape index (κ2) is 7.71. The lowest BCUT2D eigenvalue weighted by Crippen LogP contribution is -2.32. The van der Waals surface area contributed by atoms with Crippen molar-refractivity contribution in [1.29, 1.82) is 0 Å². The third-order valence-electron chi connectivity index (χ3n) is 4.56. The first-order valence-corrected chi connectivity index (χ1v) is 9.30. The van der Waals surface area contributed by atoms with Crippen LogP contribution >= 0.6 is 12.4 Å². The van der Waals surface area contributed by atoms with E-state index >= 15 is 0 Å². The van der Waals surface area contributed by atoms with E-state index in [9.17, 15) is 18.5 Å². The minimum absolute atomic E-state index is 0. The summed E-state index contributed by atoms with van der Waals surface area (Å²) in [6, 6.07) is 13.1. The van der Waals surface area contributed by atoms with Gasteiger partial charge in [0.15, 0.2) is 0 Å². The zero-order valence-electron chi connectivity index (χ0n) is 14.1. The molecule has 2 N–H and O–H groups in total. The molecule has 0 spiro atoms. The van der Waals surface area contributed by atoms with Crippen LogP contribution in [0.25, 0.3) is 0 Å². The van der Waals surface area contributed by atoms with Crippen molar-refractivity contribution in [1.82, 2.24) is 4.31 Å². The average Bonchev–Trinajstić information content (AvgIpc) is 2.98. The lowest BCUT2D eigenvalue weighted by atomic mass is 9.95. The van der Waals surface area contributed by atoms with Crippen LogP contribution < -0.4 is 5.73 Å². The second-order valence-electron chi connectivity index (χ2n) is 6.21. The Bertz CT molecular complexity index is 905. The number of hydrogen-bond donors (Lipinski definition) is 1. The molecule has 0 unspecified atom stereocenters. The molecule has 140 valence electrons. The van der Waals surface area contributed by atoms with Gasteiger partial charge in [-0.15, -0.1) is 12.4 Å². The van der Waals surface area contributed by atoms with E-state index in [1.807, 2.05) is 30.3 Å². The number of nitro groups is 1. The number of halogens is 1. The van der Waals surface area contributed by atoms with Crippen LogP contribution in [0.3, 0.4) is 0 Å². The highest BCUT2D eigenvalue weighted by Crippen LogP contribution is 2.31. The maximum absolute atomic E-state index is 12.9. The fraction of sp³-hybridized carbons (Fsp3) is 0.294. The lowest BCUT2D eigenvalue weighted by Gasteiger charge is -2.17. The van der Waals surface area contributed by atoms with Crippen LogP contribution in [0.4, 0.5) is 5.69 Å². The normalized spacial score (nSPS) is 20.5. The molecule has 0 amide bonds. The summed E-state index contributed by atoms with van der Waals surface area (Å²) in [6.45, 7) is 2.04. The first-order chi connectivity index (χ1) is 11.8. The zero-order valence-corrected chi connectivity index (χ0v) is 15.7. The minimum atomic E-state index is -3.75. The predicted molar refractivity (Wildman–Crippen MR) is 101 cm³/mol. The van der Waals surface area contributed by atoms with Gasteiger partial charge in [-0.3, -0.25) is 10.1 Å². The molecule has 0 aromatic heterocycles. The Morgan fingerprint density at radius 2 is 1.81 bits per heavy atom. The lowest BCUT2D eigenvalue weighted by molar-refractivity contribution is -0.385. The van der Waals surface area contributed by atoms with Gasteiger partial charge in [0, 0.05) is 36.7 Å². The number of benzene rings is 2. The number of nitrogens with two attached hydrogens (primary N) is 1. The number of rotatable bonds is 4. The quantitative estimate of drug-likeness (QED) is 0.629. The van der Waals surface area contributed by atoms with Crippen LogP contribution in [0.5, 0.6) is 0 Å². The Morgan fingerprint density at radius 1 is 1.15 bits per heavy atom. The van der Waals surface area contributed by atoms with Crippen molar-refractivity contribution in [2.75, 3.05) is 13.1 Å². The van der Waals surface area contributed by atoms with Gasteiger partial charge in [-0.1, -0.05) is 30.3 Å². The first-order valence-electron chi connectivity index (χ1n) is 7.86. The van der Waals surface area contributed by atoms with Crippen molar-refractivity contribution >= 4 is 28.1 Å². The molecule has 7 nitrogen and oxygen atoms in total. The largest absolute Gasteiger partial charge is 0.326 e. The van der Waals surface area contributed by atoms with Crippen LogP contribution in [-0.4, -0.2) is 36.8 Å². The standard InChI is InChI=1S/C17H19N3O4S.ClH/c1-12-9-14(7-8-17(12)20(21)22)25(23,24)19-10-15(16(18)11-19)13-5-3-2-4-6-13;/h2-9,15-16H,10-11,18H2,1H3;1H/t15-,16+;/m0./s1. The molecule has 9 heteroatoms. The smallest absolute Gasteiger partial charge is 0.272 e. The van der Waals surface area contributed by atoms with Crippen molar-refractivity contribution in [2.45, 2.75) is 23.8 Å². The van der Waals surface area contributed by atoms with Gasteiger partial charge in [0.25, 0.3) is 5.69 Å². The molecule has 26 heavy (non-hydrogen) atoms. The summed E-state index contributed by atoms with van der Waals surface area (Å²) in [4.78, 5) is 10.4. The van der Waals surface area contributed by atoms with Gasteiger partial charge in [-0.2, -0.15) is 4.31 Å². The molecule has 1 aliphatic rings. The molecular formula is C17H20ClN3O4S. The van der Waals surface area contributed by atoms with E-state index in [4.69, 9.17) is 5.73 Å². The molecule has 0 saturated carbocycles. The van der Waals surface area contributed by atoms with E-state index in [1.165, 1.54) is 29.4 Å². The van der Waals surface area contributed by atoms with Gasteiger partial charge in [-0.05, 0) is 24.6 Å². The summed E-state index contributed by atoms with van der Waals surface area (Å²) in [5, 5.41) is 10.9. The summed E-state index contributed by atoms with van der Waals surface area (Å²) in [5.74, 6) is -0.0740. The van der Waals surface area contributed by atoms with Gasteiger partial charge in [0.2, 0.25) is 10.0 Å². The molecule has 2 aromatic carbocycles.